The Morgan fingerprint density at radius 3 is 2.65 bits per heavy atom. The van der Waals surface area contributed by atoms with E-state index in [0.717, 1.165) is 56.0 Å². The van der Waals surface area contributed by atoms with Crippen LogP contribution in [0.2, 0.25) is 0 Å². The summed E-state index contributed by atoms with van der Waals surface area (Å²) in [5.74, 6) is 1.08. The van der Waals surface area contributed by atoms with Crippen LogP contribution in [0.4, 0.5) is 5.82 Å². The van der Waals surface area contributed by atoms with Crippen LogP contribution in [0, 0.1) is 0 Å². The van der Waals surface area contributed by atoms with Gasteiger partial charge in [0, 0.05) is 49.8 Å². The van der Waals surface area contributed by atoms with Crippen molar-refractivity contribution in [3.63, 3.8) is 0 Å². The van der Waals surface area contributed by atoms with Crippen molar-refractivity contribution < 1.29 is 0 Å². The number of piperazine rings is 1. The Bertz CT molecular complexity index is 350. The molecule has 2 heterocycles. The fourth-order valence-electron chi connectivity index (χ4n) is 2.07. The van der Waals surface area contributed by atoms with Crippen molar-refractivity contribution in [3.8, 4) is 0 Å². The van der Waals surface area contributed by atoms with Gasteiger partial charge in [0.2, 0.25) is 0 Å². The Balaban J connectivity index is 1.95. The second-order valence-electron chi connectivity index (χ2n) is 4.24. The van der Waals surface area contributed by atoms with Gasteiger partial charge in [-0.3, -0.25) is 4.90 Å². The minimum absolute atomic E-state index is 0.971. The van der Waals surface area contributed by atoms with E-state index in [1.165, 1.54) is 0 Å². The summed E-state index contributed by atoms with van der Waals surface area (Å²) in [6.07, 6.45) is 2.65. The van der Waals surface area contributed by atoms with E-state index in [9.17, 15) is 0 Å². The largest absolute Gasteiger partial charge is 0.354 e. The van der Waals surface area contributed by atoms with Crippen molar-refractivity contribution >= 4 is 21.7 Å². The van der Waals surface area contributed by atoms with Crippen molar-refractivity contribution in [1.82, 2.24) is 14.9 Å². The van der Waals surface area contributed by atoms with Crippen molar-refractivity contribution in [2.45, 2.75) is 13.3 Å². The number of aromatic nitrogens is 2. The van der Waals surface area contributed by atoms with Crippen LogP contribution in [0.1, 0.15) is 12.6 Å². The predicted octanol–water partition coefficient (Wildman–Crippen LogP) is 1.56. The summed E-state index contributed by atoms with van der Waals surface area (Å²) in [5, 5.41) is 1.06. The lowest BCUT2D eigenvalue weighted by Gasteiger charge is -2.35. The molecule has 1 aromatic heterocycles. The summed E-state index contributed by atoms with van der Waals surface area (Å²) >= 11 is 3.49. The minimum Gasteiger partial charge on any atom is -0.354 e. The van der Waals surface area contributed by atoms with Gasteiger partial charge >= 0.3 is 0 Å². The highest BCUT2D eigenvalue weighted by atomic mass is 79.9. The summed E-state index contributed by atoms with van der Waals surface area (Å²) in [4.78, 5) is 13.4. The lowest BCUT2D eigenvalue weighted by Crippen LogP contribution is -2.47. The summed E-state index contributed by atoms with van der Waals surface area (Å²) in [6.45, 7) is 7.63. The maximum absolute atomic E-state index is 4.37. The van der Waals surface area contributed by atoms with E-state index in [1.807, 2.05) is 0 Å². The van der Waals surface area contributed by atoms with E-state index in [-0.39, 0.29) is 0 Å². The van der Waals surface area contributed by atoms with E-state index < -0.39 is 0 Å². The molecule has 4 nitrogen and oxygen atoms in total. The first kappa shape index (κ1) is 12.8. The van der Waals surface area contributed by atoms with Crippen molar-refractivity contribution in [2.24, 2.45) is 0 Å². The van der Waals surface area contributed by atoms with Crippen LogP contribution in [0.15, 0.2) is 12.4 Å². The fourth-order valence-corrected chi connectivity index (χ4v) is 2.57. The molecule has 0 radical (unpaired) electrons. The lowest BCUT2D eigenvalue weighted by atomic mass is 10.2. The van der Waals surface area contributed by atoms with Gasteiger partial charge in [0.15, 0.2) is 0 Å². The number of halogens is 1. The Kier molecular flexibility index (Phi) is 4.74. The molecule has 1 aliphatic rings. The third-order valence-corrected chi connectivity index (χ3v) is 3.52. The number of aryl methyl sites for hydroxylation is 1. The Labute approximate surface area is 111 Å². The highest BCUT2D eigenvalue weighted by Crippen LogP contribution is 2.14. The van der Waals surface area contributed by atoms with Gasteiger partial charge in [-0.05, 0) is 6.42 Å². The van der Waals surface area contributed by atoms with Crippen molar-refractivity contribution in [2.75, 3.05) is 43.0 Å². The Morgan fingerprint density at radius 2 is 2.00 bits per heavy atom. The molecule has 0 saturated carbocycles. The molecular weight excluding hydrogens is 280 g/mol. The number of hydrogen-bond acceptors (Lipinski definition) is 4. The zero-order valence-corrected chi connectivity index (χ0v) is 11.9. The summed E-state index contributed by atoms with van der Waals surface area (Å²) in [7, 11) is 0. The maximum Gasteiger partial charge on any atom is 0.132 e. The topological polar surface area (TPSA) is 32.3 Å². The van der Waals surface area contributed by atoms with Crippen LogP contribution in [-0.4, -0.2) is 52.9 Å². The van der Waals surface area contributed by atoms with Crippen molar-refractivity contribution in [3.05, 3.63) is 18.1 Å². The molecule has 0 amide bonds. The molecule has 0 atom stereocenters. The smallest absolute Gasteiger partial charge is 0.132 e. The standard InChI is InChI=1S/C12H19BrN4/c1-2-11-9-12(15-10-14-11)17-7-5-16(4-3-13)6-8-17/h9-10H,2-8H2,1H3. The number of alkyl halides is 1. The number of anilines is 1. The van der Waals surface area contributed by atoms with E-state index in [2.05, 4.69) is 48.7 Å². The normalized spacial score (nSPS) is 17.4. The Hall–Kier alpha value is -0.680. The molecule has 1 aromatic rings. The molecular formula is C12H19BrN4. The summed E-state index contributed by atoms with van der Waals surface area (Å²) in [6, 6.07) is 2.11. The zero-order valence-electron chi connectivity index (χ0n) is 10.3. The average molecular weight is 299 g/mol. The second-order valence-corrected chi connectivity index (χ2v) is 5.03. The number of hydrogen-bond donors (Lipinski definition) is 0. The van der Waals surface area contributed by atoms with Gasteiger partial charge in [0.1, 0.15) is 12.1 Å². The average Bonchev–Trinajstić information content (AvgIpc) is 2.40. The van der Waals surface area contributed by atoms with Crippen LogP contribution in [0.3, 0.4) is 0 Å². The van der Waals surface area contributed by atoms with Crippen LogP contribution in [0.25, 0.3) is 0 Å². The molecule has 17 heavy (non-hydrogen) atoms. The first-order valence-corrected chi connectivity index (χ1v) is 7.30. The molecule has 94 valence electrons. The van der Waals surface area contributed by atoms with Crippen molar-refractivity contribution in [1.29, 1.82) is 0 Å². The molecule has 1 fully saturated rings. The van der Waals surface area contributed by atoms with Gasteiger partial charge in [0.25, 0.3) is 0 Å². The molecule has 5 heteroatoms. The quantitative estimate of drug-likeness (QED) is 0.790. The third kappa shape index (κ3) is 3.39. The first-order valence-electron chi connectivity index (χ1n) is 6.17. The molecule has 0 spiro atoms. The monoisotopic (exact) mass is 298 g/mol. The Morgan fingerprint density at radius 1 is 1.24 bits per heavy atom. The first-order chi connectivity index (χ1) is 8.33. The van der Waals surface area contributed by atoms with Gasteiger partial charge in [-0.2, -0.15) is 0 Å². The SMILES string of the molecule is CCc1cc(N2CCN(CCBr)CC2)ncn1. The number of rotatable bonds is 4. The van der Waals surface area contributed by atoms with E-state index in [4.69, 9.17) is 0 Å². The predicted molar refractivity (Wildman–Crippen MR) is 73.9 cm³/mol. The van der Waals surface area contributed by atoms with E-state index in [0.29, 0.717) is 0 Å². The molecule has 1 saturated heterocycles. The zero-order chi connectivity index (χ0) is 12.1. The molecule has 1 aliphatic heterocycles. The summed E-state index contributed by atoms with van der Waals surface area (Å²) < 4.78 is 0. The third-order valence-electron chi connectivity index (χ3n) is 3.17. The molecule has 2 rings (SSSR count). The molecule has 0 N–H and O–H groups in total. The summed E-state index contributed by atoms with van der Waals surface area (Å²) in [5.41, 5.74) is 1.12. The second kappa shape index (κ2) is 6.31. The van der Waals surface area contributed by atoms with E-state index in [1.54, 1.807) is 6.33 Å². The van der Waals surface area contributed by atoms with Gasteiger partial charge in [-0.25, -0.2) is 9.97 Å². The van der Waals surface area contributed by atoms with Gasteiger partial charge < -0.3 is 4.90 Å². The van der Waals surface area contributed by atoms with Gasteiger partial charge in [-0.15, -0.1) is 0 Å². The highest BCUT2D eigenvalue weighted by molar-refractivity contribution is 9.09. The molecule has 0 aliphatic carbocycles. The van der Waals surface area contributed by atoms with E-state index >= 15 is 0 Å². The van der Waals surface area contributed by atoms with Gasteiger partial charge in [-0.1, -0.05) is 22.9 Å². The van der Waals surface area contributed by atoms with Crippen LogP contribution in [-0.2, 0) is 6.42 Å². The fraction of sp³-hybridized carbons (Fsp3) is 0.667. The lowest BCUT2D eigenvalue weighted by molar-refractivity contribution is 0.273. The van der Waals surface area contributed by atoms with Crippen LogP contribution < -0.4 is 4.90 Å². The highest BCUT2D eigenvalue weighted by Gasteiger charge is 2.17. The van der Waals surface area contributed by atoms with Crippen LogP contribution in [0.5, 0.6) is 0 Å². The minimum atomic E-state index is 0.971. The molecule has 0 aromatic carbocycles. The van der Waals surface area contributed by atoms with Gasteiger partial charge in [0.05, 0.1) is 0 Å². The molecule has 0 bridgehead atoms. The van der Waals surface area contributed by atoms with Crippen LogP contribution >= 0.6 is 15.9 Å². The maximum atomic E-state index is 4.37. The number of nitrogens with zero attached hydrogens (tertiary/aromatic N) is 4. The molecule has 0 unspecified atom stereocenters.